The van der Waals surface area contributed by atoms with Crippen LogP contribution in [0.15, 0.2) is 0 Å². The Morgan fingerprint density at radius 3 is 2.14 bits per heavy atom. The van der Waals surface area contributed by atoms with Gasteiger partial charge in [0.15, 0.2) is 0 Å². The number of hydrogen-bond acceptors (Lipinski definition) is 4. The van der Waals surface area contributed by atoms with E-state index in [1.54, 1.807) is 0 Å². The summed E-state index contributed by atoms with van der Waals surface area (Å²) in [6.45, 7) is 19.8. The lowest BCUT2D eigenvalue weighted by atomic mass is 9.33. The van der Waals surface area contributed by atoms with Crippen LogP contribution in [0.25, 0.3) is 0 Å². The molecule has 4 heteroatoms. The van der Waals surface area contributed by atoms with Gasteiger partial charge in [-0.3, -0.25) is 14.4 Å². The van der Waals surface area contributed by atoms with Crippen LogP contribution in [0.1, 0.15) is 127 Å². The largest absolute Gasteiger partial charge is 0.462 e. The fourth-order valence-corrected chi connectivity index (χ4v) is 10.2. The van der Waals surface area contributed by atoms with Crippen LogP contribution in [-0.2, 0) is 19.1 Å². The average molecular weight is 501 g/mol. The standard InChI is InChI=1S/C32H52O4/c1-20(2)23(34)12-15-29(6)18-19-31(8)22(27(29)35)10-11-25-30(7)16-14-26(36-21(3)33)28(4,5)24(30)13-17-32(25,31)9/h20,22,24-26H,10-19H2,1-9H3. The highest BCUT2D eigenvalue weighted by Gasteiger charge is 2.69. The monoisotopic (exact) mass is 500 g/mol. The fraction of sp³-hybridized carbons (Fsp3) is 0.906. The van der Waals surface area contributed by atoms with Crippen LogP contribution < -0.4 is 0 Å². The number of carbonyl (C=O) groups is 3. The van der Waals surface area contributed by atoms with Gasteiger partial charge in [0.05, 0.1) is 0 Å². The van der Waals surface area contributed by atoms with Crippen molar-refractivity contribution >= 4 is 17.5 Å². The first-order valence-electron chi connectivity index (χ1n) is 14.8. The van der Waals surface area contributed by atoms with Crippen molar-refractivity contribution in [3.05, 3.63) is 0 Å². The van der Waals surface area contributed by atoms with Crippen molar-refractivity contribution in [3.8, 4) is 0 Å². The molecule has 0 amide bonds. The predicted octanol–water partition coefficient (Wildman–Crippen LogP) is 7.57. The van der Waals surface area contributed by atoms with Crippen molar-refractivity contribution in [2.75, 3.05) is 0 Å². The van der Waals surface area contributed by atoms with E-state index in [0.717, 1.165) is 51.4 Å². The summed E-state index contributed by atoms with van der Waals surface area (Å²) in [5, 5.41) is 0. The molecule has 4 saturated carbocycles. The molecule has 4 aliphatic carbocycles. The number of Topliss-reactive ketones (excluding diaryl/α,β-unsaturated/α-hetero) is 2. The number of carbonyl (C=O) groups excluding carboxylic acids is 3. The molecule has 36 heavy (non-hydrogen) atoms. The summed E-state index contributed by atoms with van der Waals surface area (Å²) in [6, 6.07) is 0. The van der Waals surface area contributed by atoms with E-state index in [-0.39, 0.29) is 56.8 Å². The zero-order chi connectivity index (χ0) is 26.9. The first kappa shape index (κ1) is 27.8. The highest BCUT2D eigenvalue weighted by atomic mass is 16.5. The number of rotatable bonds is 5. The summed E-state index contributed by atoms with van der Waals surface area (Å²) in [5.41, 5.74) is -0.0466. The van der Waals surface area contributed by atoms with Crippen molar-refractivity contribution in [2.24, 2.45) is 50.7 Å². The lowest BCUT2D eigenvalue weighted by Gasteiger charge is -2.71. The van der Waals surface area contributed by atoms with Gasteiger partial charge in [0.1, 0.15) is 17.7 Å². The smallest absolute Gasteiger partial charge is 0.302 e. The summed E-state index contributed by atoms with van der Waals surface area (Å²) < 4.78 is 5.85. The normalized spacial score (nSPS) is 45.9. The van der Waals surface area contributed by atoms with E-state index < -0.39 is 0 Å². The minimum Gasteiger partial charge on any atom is -0.462 e. The molecule has 4 fully saturated rings. The van der Waals surface area contributed by atoms with Gasteiger partial charge in [-0.25, -0.2) is 0 Å². The van der Waals surface area contributed by atoms with Crippen LogP contribution in [0.3, 0.4) is 0 Å². The molecule has 0 saturated heterocycles. The van der Waals surface area contributed by atoms with Gasteiger partial charge in [0.2, 0.25) is 0 Å². The van der Waals surface area contributed by atoms with Crippen LogP contribution in [0.5, 0.6) is 0 Å². The Hall–Kier alpha value is -1.19. The molecular weight excluding hydrogens is 448 g/mol. The summed E-state index contributed by atoms with van der Waals surface area (Å²) in [6.07, 6.45) is 9.66. The molecule has 4 rings (SSSR count). The number of fused-ring (bicyclic) bond motifs is 5. The van der Waals surface area contributed by atoms with Gasteiger partial charge >= 0.3 is 5.97 Å². The maximum atomic E-state index is 14.1. The summed E-state index contributed by atoms with van der Waals surface area (Å²) in [7, 11) is 0. The second kappa shape index (κ2) is 8.94. The van der Waals surface area contributed by atoms with Crippen molar-refractivity contribution in [3.63, 3.8) is 0 Å². The Labute approximate surface area is 220 Å². The van der Waals surface area contributed by atoms with Gasteiger partial charge in [-0.05, 0) is 85.9 Å². The van der Waals surface area contributed by atoms with Gasteiger partial charge in [0.25, 0.3) is 0 Å². The van der Waals surface area contributed by atoms with Crippen molar-refractivity contribution in [1.82, 2.24) is 0 Å². The quantitative estimate of drug-likeness (QED) is 0.365. The second-order valence-electron chi connectivity index (χ2n) is 15.1. The molecule has 4 aliphatic rings. The molecule has 204 valence electrons. The molecule has 4 nitrogen and oxygen atoms in total. The molecule has 0 spiro atoms. The SMILES string of the molecule is CC(=O)OC1CCC2(C)C(CCC3(C)C2CCC2C(=O)C(C)(CCC(=O)C(C)C)CCC23C)C1(C)C. The molecule has 8 atom stereocenters. The van der Waals surface area contributed by atoms with Gasteiger partial charge in [0, 0.05) is 36.0 Å². The minimum atomic E-state index is -0.358. The highest BCUT2D eigenvalue weighted by molar-refractivity contribution is 5.89. The van der Waals surface area contributed by atoms with Crippen molar-refractivity contribution in [1.29, 1.82) is 0 Å². The third-order valence-corrected chi connectivity index (χ3v) is 12.8. The topological polar surface area (TPSA) is 60.4 Å². The van der Waals surface area contributed by atoms with Crippen LogP contribution in [-0.4, -0.2) is 23.6 Å². The second-order valence-corrected chi connectivity index (χ2v) is 15.1. The maximum absolute atomic E-state index is 14.1. The molecule has 0 bridgehead atoms. The summed E-state index contributed by atoms with van der Waals surface area (Å²) in [4.78, 5) is 38.4. The maximum Gasteiger partial charge on any atom is 0.302 e. The lowest BCUT2D eigenvalue weighted by molar-refractivity contribution is -0.235. The Bertz CT molecular complexity index is 919. The molecule has 0 radical (unpaired) electrons. The van der Waals surface area contributed by atoms with E-state index in [1.165, 1.54) is 6.92 Å². The van der Waals surface area contributed by atoms with Gasteiger partial charge in [-0.1, -0.05) is 55.4 Å². The van der Waals surface area contributed by atoms with E-state index in [9.17, 15) is 14.4 Å². The van der Waals surface area contributed by atoms with Crippen LogP contribution in [0.4, 0.5) is 0 Å². The minimum absolute atomic E-state index is 0.00475. The van der Waals surface area contributed by atoms with Crippen molar-refractivity contribution < 1.29 is 19.1 Å². The number of ketones is 2. The summed E-state index contributed by atoms with van der Waals surface area (Å²) >= 11 is 0. The van der Waals surface area contributed by atoms with E-state index in [0.29, 0.717) is 30.5 Å². The van der Waals surface area contributed by atoms with Crippen LogP contribution >= 0.6 is 0 Å². The number of ether oxygens (including phenoxy) is 1. The molecule has 8 unspecified atom stereocenters. The number of hydrogen-bond donors (Lipinski definition) is 0. The molecule has 0 aromatic heterocycles. The predicted molar refractivity (Wildman–Crippen MR) is 143 cm³/mol. The van der Waals surface area contributed by atoms with Crippen LogP contribution in [0, 0.1) is 50.7 Å². The third-order valence-electron chi connectivity index (χ3n) is 12.8. The van der Waals surface area contributed by atoms with E-state index in [2.05, 4.69) is 41.5 Å². The molecule has 0 aromatic rings. The zero-order valence-electron chi connectivity index (χ0n) is 24.6. The highest BCUT2D eigenvalue weighted by Crippen LogP contribution is 2.74. The van der Waals surface area contributed by atoms with Gasteiger partial charge in [-0.15, -0.1) is 0 Å². The molecule has 0 N–H and O–H groups in total. The number of esters is 1. The first-order chi connectivity index (χ1) is 16.5. The molecule has 0 aliphatic heterocycles. The Morgan fingerprint density at radius 1 is 0.861 bits per heavy atom. The van der Waals surface area contributed by atoms with E-state index in [4.69, 9.17) is 4.74 Å². The Morgan fingerprint density at radius 2 is 1.53 bits per heavy atom. The lowest BCUT2D eigenvalue weighted by Crippen LogP contribution is -2.66. The molecular formula is C32H52O4. The van der Waals surface area contributed by atoms with Gasteiger partial charge in [-0.2, -0.15) is 0 Å². The fourth-order valence-electron chi connectivity index (χ4n) is 10.2. The first-order valence-corrected chi connectivity index (χ1v) is 14.8. The van der Waals surface area contributed by atoms with Crippen LogP contribution in [0.2, 0.25) is 0 Å². The summed E-state index contributed by atoms with van der Waals surface area (Å²) in [5.74, 6) is 1.82. The van der Waals surface area contributed by atoms with Crippen molar-refractivity contribution in [2.45, 2.75) is 133 Å². The zero-order valence-corrected chi connectivity index (χ0v) is 24.6. The Balaban J connectivity index is 1.60. The van der Waals surface area contributed by atoms with E-state index in [1.807, 2.05) is 13.8 Å². The van der Waals surface area contributed by atoms with E-state index >= 15 is 0 Å². The molecule has 0 heterocycles. The molecule has 0 aromatic carbocycles. The van der Waals surface area contributed by atoms with Gasteiger partial charge < -0.3 is 4.74 Å². The average Bonchev–Trinajstić information content (AvgIpc) is 2.78. The Kier molecular flexibility index (Phi) is 6.91. The third kappa shape index (κ3) is 3.94.